The van der Waals surface area contributed by atoms with Crippen LogP contribution in [-0.4, -0.2) is 28.8 Å². The van der Waals surface area contributed by atoms with E-state index in [1.807, 2.05) is 0 Å². The zero-order valence-electron chi connectivity index (χ0n) is 17.6. The number of aliphatic hydroxyl groups is 1. The summed E-state index contributed by atoms with van der Waals surface area (Å²) in [5.74, 6) is -3.17. The molecule has 34 heavy (non-hydrogen) atoms. The average molecular weight is 483 g/mol. The molecule has 0 radical (unpaired) electrons. The summed E-state index contributed by atoms with van der Waals surface area (Å²) in [5.41, 5.74) is -0.702. The number of nitrogens with zero attached hydrogens (tertiary/aromatic N) is 2. The molecule has 172 valence electrons. The number of halogens is 2. The molecule has 3 aromatic rings. The minimum absolute atomic E-state index is 0.0550. The van der Waals surface area contributed by atoms with E-state index in [0.29, 0.717) is 5.75 Å². The van der Waals surface area contributed by atoms with Crippen molar-refractivity contribution in [3.8, 4) is 5.75 Å². The smallest absolute Gasteiger partial charge is 0.300 e. The monoisotopic (exact) mass is 482 g/mol. The molecule has 1 atom stereocenters. The van der Waals surface area contributed by atoms with E-state index >= 15 is 0 Å². The van der Waals surface area contributed by atoms with Crippen molar-refractivity contribution in [3.63, 3.8) is 0 Å². The van der Waals surface area contributed by atoms with Crippen molar-refractivity contribution in [3.05, 3.63) is 104 Å². The van der Waals surface area contributed by atoms with Gasteiger partial charge in [0.2, 0.25) is 0 Å². The van der Waals surface area contributed by atoms with Gasteiger partial charge in [-0.2, -0.15) is 0 Å². The molecule has 1 saturated heterocycles. The van der Waals surface area contributed by atoms with E-state index in [1.54, 1.807) is 0 Å². The van der Waals surface area contributed by atoms with E-state index in [9.17, 15) is 29.2 Å². The summed E-state index contributed by atoms with van der Waals surface area (Å²) in [7, 11) is 1.41. The summed E-state index contributed by atoms with van der Waals surface area (Å²) in [5, 5.41) is 22.3. The van der Waals surface area contributed by atoms with Gasteiger partial charge in [0.15, 0.2) is 0 Å². The average Bonchev–Trinajstić information content (AvgIpc) is 3.09. The second-order valence-electron chi connectivity index (χ2n) is 7.32. The summed E-state index contributed by atoms with van der Waals surface area (Å²) < 4.78 is 20.0. The molecule has 1 aliphatic heterocycles. The second-order valence-corrected chi connectivity index (χ2v) is 7.72. The minimum atomic E-state index is -1.36. The number of Topliss-reactive ketones (excluding diaryl/α,β-unsaturated/α-hetero) is 1. The van der Waals surface area contributed by atoms with Crippen molar-refractivity contribution >= 4 is 40.4 Å². The third-order valence-electron chi connectivity index (χ3n) is 5.39. The van der Waals surface area contributed by atoms with Gasteiger partial charge in [0.25, 0.3) is 17.4 Å². The molecule has 0 saturated carbocycles. The Balaban J connectivity index is 1.97. The van der Waals surface area contributed by atoms with Crippen molar-refractivity contribution < 1.29 is 28.7 Å². The van der Waals surface area contributed by atoms with Crippen LogP contribution in [-0.2, 0) is 9.59 Å². The number of hydrogen-bond donors (Lipinski definition) is 1. The number of benzene rings is 3. The zero-order valence-corrected chi connectivity index (χ0v) is 18.3. The van der Waals surface area contributed by atoms with Crippen LogP contribution in [0.4, 0.5) is 15.8 Å². The molecule has 4 rings (SSSR count). The minimum Gasteiger partial charge on any atom is -0.507 e. The fraction of sp³-hybridized carbons (Fsp3) is 0.0833. The van der Waals surface area contributed by atoms with Crippen molar-refractivity contribution in [2.75, 3.05) is 12.0 Å². The Hall–Kier alpha value is -4.24. The third kappa shape index (κ3) is 3.86. The molecule has 8 nitrogen and oxygen atoms in total. The van der Waals surface area contributed by atoms with E-state index < -0.39 is 39.8 Å². The summed E-state index contributed by atoms with van der Waals surface area (Å²) in [6, 6.07) is 13.4. The summed E-state index contributed by atoms with van der Waals surface area (Å²) in [6.45, 7) is 0. The van der Waals surface area contributed by atoms with Gasteiger partial charge in [-0.25, -0.2) is 4.39 Å². The number of ether oxygens (including phenoxy) is 1. The first-order valence-corrected chi connectivity index (χ1v) is 10.3. The Bertz CT molecular complexity index is 1370. The first-order chi connectivity index (χ1) is 16.2. The Kier molecular flexibility index (Phi) is 6.04. The van der Waals surface area contributed by atoms with Crippen LogP contribution in [0.1, 0.15) is 17.2 Å². The number of ketones is 1. The van der Waals surface area contributed by atoms with Gasteiger partial charge in [-0.3, -0.25) is 24.6 Å². The number of non-ortho nitro benzene ring substituents is 1. The molecule has 1 N–H and O–H groups in total. The predicted molar refractivity (Wildman–Crippen MR) is 122 cm³/mol. The van der Waals surface area contributed by atoms with E-state index in [1.165, 1.54) is 61.7 Å². The van der Waals surface area contributed by atoms with Gasteiger partial charge in [0.05, 0.1) is 28.7 Å². The molecule has 1 fully saturated rings. The molecule has 1 amide bonds. The molecule has 0 aliphatic carbocycles. The fourth-order valence-electron chi connectivity index (χ4n) is 3.82. The van der Waals surface area contributed by atoms with Gasteiger partial charge >= 0.3 is 0 Å². The highest BCUT2D eigenvalue weighted by Gasteiger charge is 2.48. The lowest BCUT2D eigenvalue weighted by Crippen LogP contribution is -2.29. The van der Waals surface area contributed by atoms with E-state index in [-0.39, 0.29) is 27.5 Å². The van der Waals surface area contributed by atoms with Gasteiger partial charge in [0, 0.05) is 28.9 Å². The summed E-state index contributed by atoms with van der Waals surface area (Å²) in [4.78, 5) is 37.7. The van der Waals surface area contributed by atoms with Crippen LogP contribution in [0, 0.1) is 15.9 Å². The first kappa shape index (κ1) is 22.9. The van der Waals surface area contributed by atoms with Crippen LogP contribution < -0.4 is 9.64 Å². The highest BCUT2D eigenvalue weighted by molar-refractivity contribution is 6.51. The molecule has 0 aromatic heterocycles. The van der Waals surface area contributed by atoms with E-state index in [0.717, 1.165) is 17.0 Å². The maximum atomic E-state index is 14.9. The number of methoxy groups -OCH3 is 1. The van der Waals surface area contributed by atoms with Gasteiger partial charge in [-0.05, 0) is 24.3 Å². The normalized spacial score (nSPS) is 17.1. The van der Waals surface area contributed by atoms with Crippen LogP contribution in [0.3, 0.4) is 0 Å². The Morgan fingerprint density at radius 2 is 1.85 bits per heavy atom. The lowest BCUT2D eigenvalue weighted by molar-refractivity contribution is -0.384. The number of nitro benzene ring substituents is 1. The third-order valence-corrected chi connectivity index (χ3v) is 5.68. The largest absolute Gasteiger partial charge is 0.507 e. The molecule has 10 heteroatoms. The Labute approximate surface area is 197 Å². The van der Waals surface area contributed by atoms with Crippen LogP contribution >= 0.6 is 11.6 Å². The zero-order chi connectivity index (χ0) is 24.6. The summed E-state index contributed by atoms with van der Waals surface area (Å²) >= 11 is 6.21. The molecule has 0 spiro atoms. The topological polar surface area (TPSA) is 110 Å². The molecule has 1 aliphatic rings. The van der Waals surface area contributed by atoms with Crippen LogP contribution in [0.25, 0.3) is 5.76 Å². The number of hydrogen-bond acceptors (Lipinski definition) is 6. The number of aliphatic hydroxyl groups excluding tert-OH is 1. The number of rotatable bonds is 5. The fourth-order valence-corrected chi connectivity index (χ4v) is 4.07. The Morgan fingerprint density at radius 3 is 2.50 bits per heavy atom. The second kappa shape index (κ2) is 8.95. The van der Waals surface area contributed by atoms with Crippen molar-refractivity contribution in [2.45, 2.75) is 6.04 Å². The SMILES string of the molecule is COc1ccc(N2C(=O)C(=O)/C(=C(/O)c3cccc([N+](=O)[O-])c3)C2c2ccccc2F)cc1Cl. The highest BCUT2D eigenvalue weighted by atomic mass is 35.5. The molecule has 0 bridgehead atoms. The van der Waals surface area contributed by atoms with Crippen LogP contribution in [0.2, 0.25) is 5.02 Å². The number of amides is 1. The standard InChI is InChI=1S/C24H16ClFN2O6/c1-34-19-10-9-14(12-17(19)25)27-21(16-7-2-3-8-18(16)26)20(23(30)24(27)31)22(29)13-5-4-6-15(11-13)28(32)33/h2-12,21,29H,1H3/b22-20+. The van der Waals surface area contributed by atoms with E-state index in [2.05, 4.69) is 0 Å². The quantitative estimate of drug-likeness (QED) is 0.180. The Morgan fingerprint density at radius 1 is 1.12 bits per heavy atom. The van der Waals surface area contributed by atoms with E-state index in [4.69, 9.17) is 16.3 Å². The molecular formula is C24H16ClFN2O6. The lowest BCUT2D eigenvalue weighted by atomic mass is 9.94. The van der Waals surface area contributed by atoms with Crippen molar-refractivity contribution in [2.24, 2.45) is 0 Å². The van der Waals surface area contributed by atoms with Crippen molar-refractivity contribution in [1.82, 2.24) is 0 Å². The predicted octanol–water partition coefficient (Wildman–Crippen LogP) is 5.02. The van der Waals surface area contributed by atoms with Gasteiger partial charge in [-0.15, -0.1) is 0 Å². The van der Waals surface area contributed by atoms with Crippen LogP contribution in [0.15, 0.2) is 72.3 Å². The first-order valence-electron chi connectivity index (χ1n) is 9.88. The van der Waals surface area contributed by atoms with Gasteiger partial charge in [-0.1, -0.05) is 41.9 Å². The maximum absolute atomic E-state index is 14.9. The number of anilines is 1. The van der Waals surface area contributed by atoms with Gasteiger partial charge < -0.3 is 9.84 Å². The maximum Gasteiger partial charge on any atom is 0.300 e. The molecule has 1 unspecified atom stereocenters. The summed E-state index contributed by atoms with van der Waals surface area (Å²) in [6.07, 6.45) is 0. The number of carbonyl (C=O) groups excluding carboxylic acids is 2. The number of nitro groups is 1. The molecule has 1 heterocycles. The molecular weight excluding hydrogens is 467 g/mol. The number of carbonyl (C=O) groups is 2. The van der Waals surface area contributed by atoms with Gasteiger partial charge in [0.1, 0.15) is 17.3 Å². The van der Waals surface area contributed by atoms with Crippen molar-refractivity contribution in [1.29, 1.82) is 0 Å². The molecule has 3 aromatic carbocycles. The highest BCUT2D eigenvalue weighted by Crippen LogP contribution is 2.44. The lowest BCUT2D eigenvalue weighted by Gasteiger charge is -2.26. The van der Waals surface area contributed by atoms with Crippen LogP contribution in [0.5, 0.6) is 5.75 Å².